The fraction of sp³-hybridized carbons (Fsp3) is 0.421. The summed E-state index contributed by atoms with van der Waals surface area (Å²) in [6.45, 7) is 7.93. The molecule has 0 spiro atoms. The molecule has 1 aromatic carbocycles. The van der Waals surface area contributed by atoms with Crippen molar-refractivity contribution >= 4 is 45.9 Å². The Morgan fingerprint density at radius 2 is 2.12 bits per heavy atom. The van der Waals surface area contributed by atoms with Crippen LogP contribution in [0.25, 0.3) is 0 Å². The molecule has 1 aliphatic rings. The number of rotatable bonds is 4. The van der Waals surface area contributed by atoms with E-state index in [-0.39, 0.29) is 11.3 Å². The summed E-state index contributed by atoms with van der Waals surface area (Å²) in [7, 11) is 0. The maximum absolute atomic E-state index is 12.2. The number of hydrogen-bond donors (Lipinski definition) is 2. The summed E-state index contributed by atoms with van der Waals surface area (Å²) in [6, 6.07) is 7.99. The van der Waals surface area contributed by atoms with Gasteiger partial charge in [-0.25, -0.2) is 0 Å². The van der Waals surface area contributed by atoms with Gasteiger partial charge in [-0.3, -0.25) is 4.79 Å². The summed E-state index contributed by atoms with van der Waals surface area (Å²) < 4.78 is 0.811. The fourth-order valence-electron chi connectivity index (χ4n) is 3.09. The van der Waals surface area contributed by atoms with E-state index in [0.29, 0.717) is 17.8 Å². The third-order valence-corrected chi connectivity index (χ3v) is 5.40. The van der Waals surface area contributed by atoms with Gasteiger partial charge in [0.15, 0.2) is 0 Å². The standard InChI is InChI=1S/C19H24ClN3OS/c1-19(2,3)10-18(24)22-15-8-12-6-7-23(16(12)9-14(15)21)11-13-4-5-17(20)25-13/h4-5,8-9H,6-7,10-11,21H2,1-3H3,(H,22,24). The number of thiophene rings is 1. The van der Waals surface area contributed by atoms with Crippen molar-refractivity contribution in [3.63, 3.8) is 0 Å². The molecule has 0 saturated carbocycles. The molecule has 134 valence electrons. The first kappa shape index (κ1) is 18.1. The van der Waals surface area contributed by atoms with Crippen molar-refractivity contribution in [2.24, 2.45) is 5.41 Å². The summed E-state index contributed by atoms with van der Waals surface area (Å²) in [4.78, 5) is 15.7. The van der Waals surface area contributed by atoms with Crippen molar-refractivity contribution in [1.82, 2.24) is 0 Å². The molecular formula is C19H24ClN3OS. The van der Waals surface area contributed by atoms with E-state index in [0.717, 1.165) is 29.5 Å². The zero-order chi connectivity index (χ0) is 18.2. The van der Waals surface area contributed by atoms with E-state index in [1.54, 1.807) is 11.3 Å². The molecule has 0 radical (unpaired) electrons. The number of carbonyl (C=O) groups is 1. The number of hydrogen-bond acceptors (Lipinski definition) is 4. The van der Waals surface area contributed by atoms with Gasteiger partial charge in [-0.05, 0) is 41.7 Å². The molecule has 3 rings (SSSR count). The summed E-state index contributed by atoms with van der Waals surface area (Å²) in [6.07, 6.45) is 1.42. The van der Waals surface area contributed by atoms with Crippen LogP contribution in [0.3, 0.4) is 0 Å². The summed E-state index contributed by atoms with van der Waals surface area (Å²) in [5.74, 6) is 0.00207. The quantitative estimate of drug-likeness (QED) is 0.743. The number of nitrogens with zero attached hydrogens (tertiary/aromatic N) is 1. The van der Waals surface area contributed by atoms with Crippen molar-refractivity contribution in [2.45, 2.75) is 40.2 Å². The molecule has 1 aromatic heterocycles. The van der Waals surface area contributed by atoms with E-state index in [1.807, 2.05) is 39.0 Å². The zero-order valence-electron chi connectivity index (χ0n) is 14.9. The molecule has 4 nitrogen and oxygen atoms in total. The monoisotopic (exact) mass is 377 g/mol. The molecule has 6 heteroatoms. The number of anilines is 3. The van der Waals surface area contributed by atoms with Crippen LogP contribution in [0.2, 0.25) is 4.34 Å². The van der Waals surface area contributed by atoms with Crippen LogP contribution >= 0.6 is 22.9 Å². The highest BCUT2D eigenvalue weighted by Gasteiger charge is 2.23. The molecule has 0 atom stereocenters. The molecule has 1 amide bonds. The largest absolute Gasteiger partial charge is 0.397 e. The SMILES string of the molecule is CC(C)(C)CC(=O)Nc1cc2c(cc1N)N(Cc1ccc(Cl)s1)CC2. The predicted octanol–water partition coefficient (Wildman–Crippen LogP) is 4.92. The smallest absolute Gasteiger partial charge is 0.224 e. The van der Waals surface area contributed by atoms with E-state index < -0.39 is 0 Å². The van der Waals surface area contributed by atoms with Crippen LogP contribution in [0, 0.1) is 5.41 Å². The Balaban J connectivity index is 1.75. The van der Waals surface area contributed by atoms with Gasteiger partial charge in [0.2, 0.25) is 5.91 Å². The van der Waals surface area contributed by atoms with Crippen molar-refractivity contribution in [1.29, 1.82) is 0 Å². The van der Waals surface area contributed by atoms with Gasteiger partial charge in [0.1, 0.15) is 0 Å². The number of nitrogens with one attached hydrogen (secondary N) is 1. The second kappa shape index (κ2) is 6.89. The molecule has 0 aliphatic carbocycles. The average Bonchev–Trinajstić information content (AvgIpc) is 3.05. The number of nitrogens with two attached hydrogens (primary N) is 1. The number of halogens is 1. The van der Waals surface area contributed by atoms with Crippen LogP contribution in [0.5, 0.6) is 0 Å². The Hall–Kier alpha value is -1.72. The summed E-state index contributed by atoms with van der Waals surface area (Å²) in [5, 5.41) is 2.97. The number of amides is 1. The van der Waals surface area contributed by atoms with Crippen LogP contribution in [-0.2, 0) is 17.8 Å². The van der Waals surface area contributed by atoms with Crippen LogP contribution < -0.4 is 16.0 Å². The second-order valence-corrected chi connectivity index (χ2v) is 9.53. The number of carbonyl (C=O) groups excluding carboxylic acids is 1. The zero-order valence-corrected chi connectivity index (χ0v) is 16.4. The molecule has 0 saturated heterocycles. The molecule has 0 unspecified atom stereocenters. The minimum atomic E-state index is -0.0473. The molecule has 0 fully saturated rings. The third-order valence-electron chi connectivity index (χ3n) is 4.18. The first-order valence-electron chi connectivity index (χ1n) is 8.43. The van der Waals surface area contributed by atoms with Gasteiger partial charge in [0.05, 0.1) is 22.3 Å². The van der Waals surface area contributed by atoms with Crippen LogP contribution in [0.4, 0.5) is 17.1 Å². The lowest BCUT2D eigenvalue weighted by Gasteiger charge is -2.21. The van der Waals surface area contributed by atoms with Gasteiger partial charge in [0.25, 0.3) is 0 Å². The first-order chi connectivity index (χ1) is 11.7. The fourth-order valence-corrected chi connectivity index (χ4v) is 4.20. The topological polar surface area (TPSA) is 58.4 Å². The Morgan fingerprint density at radius 3 is 2.76 bits per heavy atom. The number of benzene rings is 1. The van der Waals surface area contributed by atoms with Crippen LogP contribution in [0.15, 0.2) is 24.3 Å². The molecule has 2 aromatic rings. The van der Waals surface area contributed by atoms with Crippen LogP contribution in [0.1, 0.15) is 37.6 Å². The molecule has 0 bridgehead atoms. The molecule has 3 N–H and O–H groups in total. The Kier molecular flexibility index (Phi) is 4.98. The van der Waals surface area contributed by atoms with Gasteiger partial charge in [-0.1, -0.05) is 32.4 Å². The highest BCUT2D eigenvalue weighted by molar-refractivity contribution is 7.16. The Labute approximate surface area is 158 Å². The highest BCUT2D eigenvalue weighted by atomic mass is 35.5. The van der Waals surface area contributed by atoms with Gasteiger partial charge < -0.3 is 16.0 Å². The van der Waals surface area contributed by atoms with E-state index in [4.69, 9.17) is 17.3 Å². The molecular weight excluding hydrogens is 354 g/mol. The minimum Gasteiger partial charge on any atom is -0.397 e. The lowest BCUT2D eigenvalue weighted by atomic mass is 9.92. The van der Waals surface area contributed by atoms with Gasteiger partial charge in [-0.15, -0.1) is 11.3 Å². The van der Waals surface area contributed by atoms with E-state index in [9.17, 15) is 4.79 Å². The second-order valence-electron chi connectivity index (χ2n) is 7.73. The first-order valence-corrected chi connectivity index (χ1v) is 9.62. The van der Waals surface area contributed by atoms with Crippen molar-refractivity contribution in [3.05, 3.63) is 39.0 Å². The number of fused-ring (bicyclic) bond motifs is 1. The van der Waals surface area contributed by atoms with Crippen molar-refractivity contribution < 1.29 is 4.79 Å². The molecule has 25 heavy (non-hydrogen) atoms. The maximum Gasteiger partial charge on any atom is 0.224 e. The predicted molar refractivity (Wildman–Crippen MR) is 108 cm³/mol. The third kappa shape index (κ3) is 4.47. The average molecular weight is 378 g/mol. The van der Waals surface area contributed by atoms with Gasteiger partial charge in [-0.2, -0.15) is 0 Å². The Morgan fingerprint density at radius 1 is 1.36 bits per heavy atom. The number of nitrogen functional groups attached to an aromatic ring is 1. The normalized spacial score (nSPS) is 13.8. The molecule has 1 aliphatic heterocycles. The lowest BCUT2D eigenvalue weighted by Crippen LogP contribution is -2.21. The minimum absolute atomic E-state index is 0.00207. The van der Waals surface area contributed by atoms with E-state index in [2.05, 4.69) is 16.3 Å². The van der Waals surface area contributed by atoms with Crippen LogP contribution in [-0.4, -0.2) is 12.5 Å². The lowest BCUT2D eigenvalue weighted by molar-refractivity contribution is -0.117. The maximum atomic E-state index is 12.2. The highest BCUT2D eigenvalue weighted by Crippen LogP contribution is 2.36. The summed E-state index contributed by atoms with van der Waals surface area (Å²) in [5.41, 5.74) is 9.86. The van der Waals surface area contributed by atoms with Crippen molar-refractivity contribution in [2.75, 3.05) is 22.5 Å². The van der Waals surface area contributed by atoms with Crippen molar-refractivity contribution in [3.8, 4) is 0 Å². The van der Waals surface area contributed by atoms with E-state index >= 15 is 0 Å². The van der Waals surface area contributed by atoms with E-state index in [1.165, 1.54) is 10.4 Å². The summed E-state index contributed by atoms with van der Waals surface area (Å²) >= 11 is 7.63. The Bertz CT molecular complexity index is 794. The van der Waals surface area contributed by atoms with Gasteiger partial charge in [0, 0.05) is 23.5 Å². The molecule has 2 heterocycles. The van der Waals surface area contributed by atoms with Gasteiger partial charge >= 0.3 is 0 Å².